The van der Waals surface area contributed by atoms with Crippen molar-refractivity contribution in [3.63, 3.8) is 0 Å². The lowest BCUT2D eigenvalue weighted by Crippen LogP contribution is -2.10. The minimum Gasteiger partial charge on any atom is -0.490 e. The van der Waals surface area contributed by atoms with Gasteiger partial charge in [-0.25, -0.2) is 13.3 Å². The van der Waals surface area contributed by atoms with Crippen molar-refractivity contribution >= 4 is 11.2 Å². The molecule has 1 N–H and O–H groups in total. The van der Waals surface area contributed by atoms with E-state index in [1.54, 1.807) is 4.52 Å². The molecule has 0 aliphatic heterocycles. The van der Waals surface area contributed by atoms with Crippen molar-refractivity contribution in [2.45, 2.75) is 32.9 Å². The summed E-state index contributed by atoms with van der Waals surface area (Å²) in [6, 6.07) is 8.16. The van der Waals surface area contributed by atoms with Crippen LogP contribution in [0.1, 0.15) is 38.4 Å². The Labute approximate surface area is 179 Å². The second-order valence-corrected chi connectivity index (χ2v) is 7.69. The Morgan fingerprint density at radius 1 is 1.10 bits per heavy atom. The maximum Gasteiger partial charge on any atom is 0.124 e. The quantitative estimate of drug-likeness (QED) is 0.408. The van der Waals surface area contributed by atoms with Gasteiger partial charge in [0, 0.05) is 40.8 Å². The van der Waals surface area contributed by atoms with Crippen molar-refractivity contribution in [3.8, 4) is 16.9 Å². The SMILES string of the molecule is CC(Nc1ccn2ncc(-c3cnn(C(C)C)c3)c2c1)c1cc(F)ccc1OCCF. The van der Waals surface area contributed by atoms with Crippen LogP contribution in [0.4, 0.5) is 14.5 Å². The maximum absolute atomic E-state index is 13.9. The molecule has 3 heterocycles. The third kappa shape index (κ3) is 4.38. The fourth-order valence-corrected chi connectivity index (χ4v) is 3.52. The highest BCUT2D eigenvalue weighted by Crippen LogP contribution is 2.31. The maximum atomic E-state index is 13.9. The van der Waals surface area contributed by atoms with Crippen LogP contribution in [0.25, 0.3) is 16.6 Å². The van der Waals surface area contributed by atoms with Crippen molar-refractivity contribution in [2.75, 3.05) is 18.6 Å². The number of pyridine rings is 1. The van der Waals surface area contributed by atoms with Gasteiger partial charge in [0.2, 0.25) is 0 Å². The number of alkyl halides is 1. The van der Waals surface area contributed by atoms with Gasteiger partial charge in [0.05, 0.1) is 24.0 Å². The van der Waals surface area contributed by atoms with Crippen LogP contribution < -0.4 is 10.1 Å². The molecular formula is C23H25F2N5O. The molecule has 1 unspecified atom stereocenters. The summed E-state index contributed by atoms with van der Waals surface area (Å²) in [7, 11) is 0. The molecule has 0 bridgehead atoms. The van der Waals surface area contributed by atoms with Gasteiger partial charge in [0.1, 0.15) is 24.8 Å². The van der Waals surface area contributed by atoms with Crippen LogP contribution in [0.3, 0.4) is 0 Å². The standard InChI is InChI=1S/C23H25F2N5O/c1-15(2)30-14-17(12-26-30)21-13-27-29-8-6-19(11-22(21)29)28-16(3)20-10-18(25)4-5-23(20)31-9-7-24/h4-6,8,10-16,28H,7,9H2,1-3H3. The third-order valence-corrected chi connectivity index (χ3v) is 5.12. The van der Waals surface area contributed by atoms with E-state index in [2.05, 4.69) is 29.4 Å². The summed E-state index contributed by atoms with van der Waals surface area (Å²) in [6.45, 7) is 5.39. The number of ether oxygens (including phenoxy) is 1. The predicted molar refractivity (Wildman–Crippen MR) is 117 cm³/mol. The summed E-state index contributed by atoms with van der Waals surface area (Å²) in [5.41, 5.74) is 4.36. The molecule has 3 aromatic heterocycles. The van der Waals surface area contributed by atoms with Crippen LogP contribution in [-0.2, 0) is 0 Å². The number of anilines is 1. The number of benzene rings is 1. The molecule has 1 atom stereocenters. The smallest absolute Gasteiger partial charge is 0.124 e. The molecule has 0 saturated heterocycles. The molecule has 0 fully saturated rings. The fraction of sp³-hybridized carbons (Fsp3) is 0.304. The monoisotopic (exact) mass is 425 g/mol. The number of nitrogens with zero attached hydrogens (tertiary/aromatic N) is 4. The number of halogens is 2. The first-order valence-corrected chi connectivity index (χ1v) is 10.2. The molecule has 6 nitrogen and oxygen atoms in total. The molecule has 162 valence electrons. The third-order valence-electron chi connectivity index (χ3n) is 5.12. The molecule has 4 aromatic rings. The Balaban J connectivity index is 1.63. The molecule has 0 aliphatic carbocycles. The normalized spacial score (nSPS) is 12.5. The number of fused-ring (bicyclic) bond motifs is 1. The molecular weight excluding hydrogens is 400 g/mol. The zero-order chi connectivity index (χ0) is 22.0. The minimum absolute atomic E-state index is 0.0689. The van der Waals surface area contributed by atoms with Crippen molar-refractivity contribution in [1.82, 2.24) is 19.4 Å². The van der Waals surface area contributed by atoms with E-state index in [1.165, 1.54) is 18.2 Å². The summed E-state index contributed by atoms with van der Waals surface area (Å²) >= 11 is 0. The van der Waals surface area contributed by atoms with E-state index in [1.807, 2.05) is 48.5 Å². The van der Waals surface area contributed by atoms with Gasteiger partial charge in [-0.15, -0.1) is 0 Å². The number of aromatic nitrogens is 4. The molecule has 1 aromatic carbocycles. The van der Waals surface area contributed by atoms with Crippen LogP contribution in [-0.4, -0.2) is 32.7 Å². The predicted octanol–water partition coefficient (Wildman–Crippen LogP) is 5.44. The van der Waals surface area contributed by atoms with Gasteiger partial charge in [-0.1, -0.05) is 0 Å². The zero-order valence-corrected chi connectivity index (χ0v) is 17.7. The molecule has 31 heavy (non-hydrogen) atoms. The van der Waals surface area contributed by atoms with Crippen molar-refractivity contribution < 1.29 is 13.5 Å². The fourth-order valence-electron chi connectivity index (χ4n) is 3.52. The van der Waals surface area contributed by atoms with Crippen molar-refractivity contribution in [3.05, 3.63) is 66.5 Å². The molecule has 4 rings (SSSR count). The van der Waals surface area contributed by atoms with E-state index < -0.39 is 6.67 Å². The van der Waals surface area contributed by atoms with Crippen LogP contribution in [0.5, 0.6) is 5.75 Å². The van der Waals surface area contributed by atoms with Crippen LogP contribution >= 0.6 is 0 Å². The van der Waals surface area contributed by atoms with Crippen molar-refractivity contribution in [1.29, 1.82) is 0 Å². The topological polar surface area (TPSA) is 56.4 Å². The van der Waals surface area contributed by atoms with E-state index in [0.29, 0.717) is 11.3 Å². The summed E-state index contributed by atoms with van der Waals surface area (Å²) in [6.07, 6.45) is 7.53. The van der Waals surface area contributed by atoms with E-state index in [0.717, 1.165) is 22.3 Å². The second kappa shape index (κ2) is 8.75. The largest absolute Gasteiger partial charge is 0.490 e. The average Bonchev–Trinajstić information content (AvgIpc) is 3.39. The van der Waals surface area contributed by atoms with Crippen LogP contribution in [0.2, 0.25) is 0 Å². The Hall–Kier alpha value is -3.42. The number of hydrogen-bond acceptors (Lipinski definition) is 4. The van der Waals surface area contributed by atoms with E-state index >= 15 is 0 Å². The van der Waals surface area contributed by atoms with Gasteiger partial charge < -0.3 is 10.1 Å². The van der Waals surface area contributed by atoms with Gasteiger partial charge in [-0.05, 0) is 51.1 Å². The van der Waals surface area contributed by atoms with Gasteiger partial charge in [-0.2, -0.15) is 10.2 Å². The minimum atomic E-state index is -0.604. The van der Waals surface area contributed by atoms with E-state index in [-0.39, 0.29) is 24.5 Å². The Morgan fingerprint density at radius 3 is 2.68 bits per heavy atom. The first kappa shape index (κ1) is 20.8. The zero-order valence-electron chi connectivity index (χ0n) is 17.7. The average molecular weight is 425 g/mol. The molecule has 8 heteroatoms. The number of hydrogen-bond donors (Lipinski definition) is 1. The lowest BCUT2D eigenvalue weighted by Gasteiger charge is -2.19. The molecule has 0 spiro atoms. The lowest BCUT2D eigenvalue weighted by molar-refractivity contribution is 0.270. The van der Waals surface area contributed by atoms with Gasteiger partial charge in [-0.3, -0.25) is 4.68 Å². The number of nitrogens with one attached hydrogen (secondary N) is 1. The highest BCUT2D eigenvalue weighted by atomic mass is 19.1. The van der Waals surface area contributed by atoms with Gasteiger partial charge in [0.25, 0.3) is 0 Å². The Bertz CT molecular complexity index is 1180. The highest BCUT2D eigenvalue weighted by Gasteiger charge is 2.15. The van der Waals surface area contributed by atoms with Crippen molar-refractivity contribution in [2.24, 2.45) is 0 Å². The van der Waals surface area contributed by atoms with Gasteiger partial charge >= 0.3 is 0 Å². The Kier molecular flexibility index (Phi) is 5.88. The van der Waals surface area contributed by atoms with Crippen LogP contribution in [0.15, 0.2) is 55.1 Å². The first-order chi connectivity index (χ1) is 15.0. The highest BCUT2D eigenvalue weighted by molar-refractivity contribution is 5.81. The summed E-state index contributed by atoms with van der Waals surface area (Å²) in [5.74, 6) is 0.0956. The van der Waals surface area contributed by atoms with E-state index in [4.69, 9.17) is 4.74 Å². The summed E-state index contributed by atoms with van der Waals surface area (Å²) in [4.78, 5) is 0. The lowest BCUT2D eigenvalue weighted by atomic mass is 10.1. The first-order valence-electron chi connectivity index (χ1n) is 10.2. The molecule has 0 radical (unpaired) electrons. The molecule has 0 amide bonds. The Morgan fingerprint density at radius 2 is 1.94 bits per heavy atom. The van der Waals surface area contributed by atoms with E-state index in [9.17, 15) is 8.78 Å². The van der Waals surface area contributed by atoms with Crippen LogP contribution in [0, 0.1) is 5.82 Å². The summed E-state index contributed by atoms with van der Waals surface area (Å²) < 4.78 is 35.6. The number of rotatable bonds is 8. The van der Waals surface area contributed by atoms with Gasteiger partial charge in [0.15, 0.2) is 0 Å². The molecule has 0 aliphatic rings. The summed E-state index contributed by atoms with van der Waals surface area (Å²) in [5, 5.41) is 12.2. The second-order valence-electron chi connectivity index (χ2n) is 7.69. The molecule has 0 saturated carbocycles.